The van der Waals surface area contributed by atoms with Gasteiger partial charge in [-0.15, -0.1) is 0 Å². The van der Waals surface area contributed by atoms with Crippen LogP contribution in [-0.2, 0) is 14.8 Å². The lowest BCUT2D eigenvalue weighted by Crippen LogP contribution is -2.35. The minimum absolute atomic E-state index is 0.0234. The van der Waals surface area contributed by atoms with Gasteiger partial charge in [0, 0.05) is 7.05 Å². The monoisotopic (exact) mass is 306 g/mol. The quantitative estimate of drug-likeness (QED) is 0.843. The Labute approximate surface area is 117 Å². The standard InChI is InChI=1S/C11H15ClN2O4S/c1-3-18-10-5-4-8(6-9(10)12)19(16,17)14(2)7-11(13)15/h4-6H,3,7H2,1-2H3,(H2,13,15). The molecular formula is C11H15ClN2O4S. The number of nitrogens with zero attached hydrogens (tertiary/aromatic N) is 1. The van der Waals surface area contributed by atoms with Crippen molar-refractivity contribution in [1.29, 1.82) is 0 Å². The number of benzene rings is 1. The fourth-order valence-corrected chi connectivity index (χ4v) is 2.86. The molecule has 6 nitrogen and oxygen atoms in total. The number of amides is 1. The zero-order valence-electron chi connectivity index (χ0n) is 10.6. The average molecular weight is 307 g/mol. The number of rotatable bonds is 6. The number of primary amides is 1. The van der Waals surface area contributed by atoms with Crippen LogP contribution in [0.4, 0.5) is 0 Å². The molecule has 0 fully saturated rings. The predicted octanol–water partition coefficient (Wildman–Crippen LogP) is 0.845. The van der Waals surface area contributed by atoms with Crippen molar-refractivity contribution in [2.24, 2.45) is 5.73 Å². The van der Waals surface area contributed by atoms with Gasteiger partial charge in [0.25, 0.3) is 0 Å². The number of halogens is 1. The van der Waals surface area contributed by atoms with Gasteiger partial charge in [-0.2, -0.15) is 4.31 Å². The molecule has 106 valence electrons. The molecular weight excluding hydrogens is 292 g/mol. The van der Waals surface area contributed by atoms with E-state index in [2.05, 4.69) is 0 Å². The molecule has 0 bridgehead atoms. The molecule has 0 atom stereocenters. The van der Waals surface area contributed by atoms with Crippen molar-refractivity contribution in [3.05, 3.63) is 23.2 Å². The average Bonchev–Trinajstić information content (AvgIpc) is 2.31. The number of sulfonamides is 1. The number of hydrogen-bond acceptors (Lipinski definition) is 4. The fraction of sp³-hybridized carbons (Fsp3) is 0.364. The first-order valence-corrected chi connectivity index (χ1v) is 7.27. The topological polar surface area (TPSA) is 89.7 Å². The summed E-state index contributed by atoms with van der Waals surface area (Å²) in [5.41, 5.74) is 4.97. The smallest absolute Gasteiger partial charge is 0.243 e. The highest BCUT2D eigenvalue weighted by Gasteiger charge is 2.23. The Kier molecular flexibility index (Phi) is 5.16. The van der Waals surface area contributed by atoms with Crippen LogP contribution in [0.25, 0.3) is 0 Å². The lowest BCUT2D eigenvalue weighted by molar-refractivity contribution is -0.118. The van der Waals surface area contributed by atoms with Crippen molar-refractivity contribution in [3.8, 4) is 5.75 Å². The number of likely N-dealkylation sites (N-methyl/N-ethyl adjacent to an activating group) is 1. The van der Waals surface area contributed by atoms with Crippen LogP contribution in [0.5, 0.6) is 5.75 Å². The van der Waals surface area contributed by atoms with Crippen LogP contribution in [0.15, 0.2) is 23.1 Å². The normalized spacial score (nSPS) is 11.6. The van der Waals surface area contributed by atoms with Gasteiger partial charge in [-0.1, -0.05) is 11.6 Å². The minimum atomic E-state index is -3.80. The van der Waals surface area contributed by atoms with E-state index in [1.54, 1.807) is 6.92 Å². The summed E-state index contributed by atoms with van der Waals surface area (Å²) in [5.74, 6) is -0.330. The summed E-state index contributed by atoms with van der Waals surface area (Å²) < 4.78 is 30.3. The largest absolute Gasteiger partial charge is 0.492 e. The van der Waals surface area contributed by atoms with Gasteiger partial charge in [0.15, 0.2) is 0 Å². The Bertz CT molecular complexity index is 574. The second kappa shape index (κ2) is 6.23. The maximum Gasteiger partial charge on any atom is 0.243 e. The van der Waals surface area contributed by atoms with Crippen molar-refractivity contribution in [2.75, 3.05) is 20.2 Å². The summed E-state index contributed by atoms with van der Waals surface area (Å²) in [6.07, 6.45) is 0. The molecule has 0 aliphatic carbocycles. The summed E-state index contributed by atoms with van der Waals surface area (Å²) in [4.78, 5) is 10.7. The van der Waals surface area contributed by atoms with Crippen LogP contribution in [0, 0.1) is 0 Å². The van der Waals surface area contributed by atoms with Gasteiger partial charge in [0.2, 0.25) is 15.9 Å². The lowest BCUT2D eigenvalue weighted by atomic mass is 10.3. The highest BCUT2D eigenvalue weighted by atomic mass is 35.5. The van der Waals surface area contributed by atoms with Crippen molar-refractivity contribution in [1.82, 2.24) is 4.31 Å². The van der Waals surface area contributed by atoms with Crippen LogP contribution in [0.3, 0.4) is 0 Å². The van der Waals surface area contributed by atoms with Gasteiger partial charge < -0.3 is 10.5 Å². The number of carbonyl (C=O) groups excluding carboxylic acids is 1. The van der Waals surface area contributed by atoms with Crippen molar-refractivity contribution < 1.29 is 17.9 Å². The molecule has 0 aliphatic heterocycles. The summed E-state index contributed by atoms with van der Waals surface area (Å²) in [6.45, 7) is 1.82. The van der Waals surface area contributed by atoms with Gasteiger partial charge in [-0.25, -0.2) is 8.42 Å². The lowest BCUT2D eigenvalue weighted by Gasteiger charge is -2.16. The first-order chi connectivity index (χ1) is 8.78. The van der Waals surface area contributed by atoms with Crippen LogP contribution >= 0.6 is 11.6 Å². The van der Waals surface area contributed by atoms with Crippen molar-refractivity contribution in [3.63, 3.8) is 0 Å². The van der Waals surface area contributed by atoms with Crippen molar-refractivity contribution >= 4 is 27.5 Å². The molecule has 1 amide bonds. The maximum atomic E-state index is 12.1. The molecule has 0 saturated heterocycles. The molecule has 1 aromatic carbocycles. The van der Waals surface area contributed by atoms with Gasteiger partial charge in [-0.3, -0.25) is 4.79 Å². The molecule has 0 radical (unpaired) electrons. The van der Waals surface area contributed by atoms with Crippen LogP contribution in [-0.4, -0.2) is 38.8 Å². The van der Waals surface area contributed by atoms with E-state index in [1.165, 1.54) is 25.2 Å². The van der Waals surface area contributed by atoms with E-state index in [9.17, 15) is 13.2 Å². The molecule has 19 heavy (non-hydrogen) atoms. The first-order valence-electron chi connectivity index (χ1n) is 5.46. The summed E-state index contributed by atoms with van der Waals surface area (Å²) in [6, 6.07) is 4.11. The van der Waals surface area contributed by atoms with Gasteiger partial charge in [-0.05, 0) is 25.1 Å². The Hall–Kier alpha value is -1.31. The van der Waals surface area contributed by atoms with E-state index >= 15 is 0 Å². The fourth-order valence-electron chi connectivity index (χ4n) is 1.40. The zero-order valence-corrected chi connectivity index (χ0v) is 12.2. The minimum Gasteiger partial charge on any atom is -0.492 e. The first kappa shape index (κ1) is 15.7. The van der Waals surface area contributed by atoms with Crippen LogP contribution in [0.2, 0.25) is 5.02 Å². The van der Waals surface area contributed by atoms with E-state index in [-0.39, 0.29) is 9.92 Å². The number of nitrogens with two attached hydrogens (primary N) is 1. The second-order valence-corrected chi connectivity index (χ2v) is 6.20. The summed E-state index contributed by atoms with van der Waals surface area (Å²) in [7, 11) is -2.53. The number of carbonyl (C=O) groups is 1. The van der Waals surface area contributed by atoms with E-state index < -0.39 is 22.5 Å². The molecule has 0 aromatic heterocycles. The second-order valence-electron chi connectivity index (χ2n) is 3.75. The predicted molar refractivity (Wildman–Crippen MR) is 71.6 cm³/mol. The third kappa shape index (κ3) is 3.82. The Morgan fingerprint density at radius 1 is 1.47 bits per heavy atom. The third-order valence-electron chi connectivity index (χ3n) is 2.29. The van der Waals surface area contributed by atoms with E-state index in [4.69, 9.17) is 22.1 Å². The SMILES string of the molecule is CCOc1ccc(S(=O)(=O)N(C)CC(N)=O)cc1Cl. The Morgan fingerprint density at radius 2 is 2.11 bits per heavy atom. The highest BCUT2D eigenvalue weighted by molar-refractivity contribution is 7.89. The van der Waals surface area contributed by atoms with Crippen molar-refractivity contribution in [2.45, 2.75) is 11.8 Å². The zero-order chi connectivity index (χ0) is 14.6. The van der Waals surface area contributed by atoms with Gasteiger partial charge in [0.05, 0.1) is 23.1 Å². The molecule has 0 spiro atoms. The molecule has 0 saturated carbocycles. The molecule has 2 N–H and O–H groups in total. The van der Waals surface area contributed by atoms with E-state index in [1.807, 2.05) is 0 Å². The summed E-state index contributed by atoms with van der Waals surface area (Å²) >= 11 is 5.93. The third-order valence-corrected chi connectivity index (χ3v) is 4.38. The summed E-state index contributed by atoms with van der Waals surface area (Å²) in [5, 5.41) is 0.190. The van der Waals surface area contributed by atoms with Gasteiger partial charge >= 0.3 is 0 Å². The Balaban J connectivity index is 3.09. The van der Waals surface area contributed by atoms with Crippen LogP contribution < -0.4 is 10.5 Å². The molecule has 0 heterocycles. The highest BCUT2D eigenvalue weighted by Crippen LogP contribution is 2.28. The van der Waals surface area contributed by atoms with E-state index in [0.29, 0.717) is 12.4 Å². The Morgan fingerprint density at radius 3 is 2.58 bits per heavy atom. The van der Waals surface area contributed by atoms with Gasteiger partial charge in [0.1, 0.15) is 5.75 Å². The number of ether oxygens (including phenoxy) is 1. The molecule has 0 aliphatic rings. The van der Waals surface area contributed by atoms with E-state index in [0.717, 1.165) is 4.31 Å². The van der Waals surface area contributed by atoms with Crippen LogP contribution in [0.1, 0.15) is 6.92 Å². The number of hydrogen-bond donors (Lipinski definition) is 1. The maximum absolute atomic E-state index is 12.1. The molecule has 8 heteroatoms. The molecule has 0 unspecified atom stereocenters. The molecule has 1 rings (SSSR count). The molecule has 1 aromatic rings.